The molecule has 4 unspecified atom stereocenters. The zero-order valence-corrected chi connectivity index (χ0v) is 12.3. The highest BCUT2D eigenvalue weighted by molar-refractivity contribution is 4.82. The molecule has 0 spiro atoms. The molecule has 4 atom stereocenters. The lowest BCUT2D eigenvalue weighted by molar-refractivity contribution is -0.0460. The quantitative estimate of drug-likeness (QED) is 0.800. The zero-order valence-electron chi connectivity index (χ0n) is 12.3. The predicted octanol–water partition coefficient (Wildman–Crippen LogP) is 3.45. The topological polar surface area (TPSA) is 35.2 Å². The molecule has 2 N–H and O–H groups in total. The second kappa shape index (κ2) is 6.75. The van der Waals surface area contributed by atoms with Crippen LogP contribution in [0, 0.1) is 23.7 Å². The maximum atomic E-state index is 6.13. The number of hydrogen-bond acceptors (Lipinski definition) is 2. The van der Waals surface area contributed by atoms with Crippen LogP contribution in [0.4, 0.5) is 0 Å². The third-order valence-corrected chi connectivity index (χ3v) is 4.32. The van der Waals surface area contributed by atoms with Crippen molar-refractivity contribution in [1.29, 1.82) is 0 Å². The van der Waals surface area contributed by atoms with Crippen molar-refractivity contribution in [3.8, 4) is 0 Å². The standard InChI is InChI=1S/C15H31NO/c1-10(2)13-7-6-12(5)8-15(13)17-9-14(16)11(3)4/h10-15H,6-9,16H2,1-5H3. The van der Waals surface area contributed by atoms with E-state index in [-0.39, 0.29) is 6.04 Å². The summed E-state index contributed by atoms with van der Waals surface area (Å²) in [5, 5.41) is 0. The van der Waals surface area contributed by atoms with Gasteiger partial charge in [-0.05, 0) is 36.5 Å². The maximum Gasteiger partial charge on any atom is 0.0623 e. The van der Waals surface area contributed by atoms with Crippen LogP contribution in [0.25, 0.3) is 0 Å². The van der Waals surface area contributed by atoms with Gasteiger partial charge in [-0.3, -0.25) is 0 Å². The molecule has 2 nitrogen and oxygen atoms in total. The zero-order chi connectivity index (χ0) is 13.0. The summed E-state index contributed by atoms with van der Waals surface area (Å²) in [4.78, 5) is 0. The summed E-state index contributed by atoms with van der Waals surface area (Å²) in [6.45, 7) is 12.0. The second-order valence-electron chi connectivity index (χ2n) is 6.61. The van der Waals surface area contributed by atoms with Crippen LogP contribution in [-0.4, -0.2) is 18.8 Å². The summed E-state index contributed by atoms with van der Waals surface area (Å²) in [5.74, 6) is 2.77. The van der Waals surface area contributed by atoms with E-state index < -0.39 is 0 Å². The van der Waals surface area contributed by atoms with Crippen LogP contribution in [0.15, 0.2) is 0 Å². The van der Waals surface area contributed by atoms with Crippen molar-refractivity contribution in [2.45, 2.75) is 66.0 Å². The minimum Gasteiger partial charge on any atom is -0.376 e. The van der Waals surface area contributed by atoms with Gasteiger partial charge in [0.05, 0.1) is 12.7 Å². The van der Waals surface area contributed by atoms with Gasteiger partial charge in [0.15, 0.2) is 0 Å². The molecule has 1 aliphatic rings. The molecule has 2 heteroatoms. The lowest BCUT2D eigenvalue weighted by atomic mass is 9.75. The SMILES string of the molecule is CC1CCC(C(C)C)C(OCC(N)C(C)C)C1. The van der Waals surface area contributed by atoms with Gasteiger partial charge in [-0.1, -0.05) is 41.0 Å². The Morgan fingerprint density at radius 1 is 1.18 bits per heavy atom. The molecule has 1 aliphatic carbocycles. The molecule has 0 aromatic heterocycles. The van der Waals surface area contributed by atoms with Gasteiger partial charge >= 0.3 is 0 Å². The van der Waals surface area contributed by atoms with Crippen LogP contribution in [-0.2, 0) is 4.74 Å². The summed E-state index contributed by atoms with van der Waals surface area (Å²) in [6.07, 6.45) is 4.33. The molecular formula is C15H31NO. The van der Waals surface area contributed by atoms with Crippen LogP contribution >= 0.6 is 0 Å². The Morgan fingerprint density at radius 2 is 1.82 bits per heavy atom. The molecule has 17 heavy (non-hydrogen) atoms. The number of nitrogens with two attached hydrogens (primary N) is 1. The predicted molar refractivity (Wildman–Crippen MR) is 73.9 cm³/mol. The summed E-state index contributed by atoms with van der Waals surface area (Å²) >= 11 is 0. The van der Waals surface area contributed by atoms with Crippen molar-refractivity contribution >= 4 is 0 Å². The Balaban J connectivity index is 2.46. The van der Waals surface area contributed by atoms with Crippen LogP contribution in [0.1, 0.15) is 53.9 Å². The minimum atomic E-state index is 0.181. The van der Waals surface area contributed by atoms with E-state index in [1.165, 1.54) is 19.3 Å². The molecule has 0 heterocycles. The molecule has 102 valence electrons. The largest absolute Gasteiger partial charge is 0.376 e. The van der Waals surface area contributed by atoms with Gasteiger partial charge in [0.1, 0.15) is 0 Å². The fraction of sp³-hybridized carbons (Fsp3) is 1.00. The monoisotopic (exact) mass is 241 g/mol. The Labute approximate surface area is 107 Å². The molecule has 0 amide bonds. The van der Waals surface area contributed by atoms with E-state index in [2.05, 4.69) is 34.6 Å². The molecule has 0 saturated heterocycles. The smallest absolute Gasteiger partial charge is 0.0623 e. The lowest BCUT2D eigenvalue weighted by Gasteiger charge is -2.37. The van der Waals surface area contributed by atoms with E-state index in [1.807, 2.05) is 0 Å². The summed E-state index contributed by atoms with van der Waals surface area (Å²) in [5.41, 5.74) is 6.06. The van der Waals surface area contributed by atoms with Gasteiger partial charge in [0, 0.05) is 6.04 Å². The van der Waals surface area contributed by atoms with E-state index in [4.69, 9.17) is 10.5 Å². The second-order valence-corrected chi connectivity index (χ2v) is 6.61. The van der Waals surface area contributed by atoms with Crippen molar-refractivity contribution in [2.75, 3.05) is 6.61 Å². The highest BCUT2D eigenvalue weighted by Gasteiger charge is 2.31. The van der Waals surface area contributed by atoms with Crippen molar-refractivity contribution in [3.05, 3.63) is 0 Å². The van der Waals surface area contributed by atoms with Gasteiger partial charge < -0.3 is 10.5 Å². The number of ether oxygens (including phenoxy) is 1. The van der Waals surface area contributed by atoms with Gasteiger partial charge in [0.25, 0.3) is 0 Å². The van der Waals surface area contributed by atoms with Crippen LogP contribution in [0.5, 0.6) is 0 Å². The first-order chi connectivity index (χ1) is 7.91. The fourth-order valence-electron chi connectivity index (χ4n) is 2.73. The lowest BCUT2D eigenvalue weighted by Crippen LogP contribution is -2.39. The molecule has 0 aliphatic heterocycles. The van der Waals surface area contributed by atoms with Crippen molar-refractivity contribution in [2.24, 2.45) is 29.4 Å². The van der Waals surface area contributed by atoms with Crippen LogP contribution in [0.3, 0.4) is 0 Å². The van der Waals surface area contributed by atoms with Gasteiger partial charge in [-0.25, -0.2) is 0 Å². The Morgan fingerprint density at radius 3 is 2.35 bits per heavy atom. The van der Waals surface area contributed by atoms with Gasteiger partial charge in [-0.2, -0.15) is 0 Å². The molecule has 0 radical (unpaired) electrons. The third kappa shape index (κ3) is 4.59. The summed E-state index contributed by atoms with van der Waals surface area (Å²) < 4.78 is 6.13. The Kier molecular flexibility index (Phi) is 5.94. The maximum absolute atomic E-state index is 6.13. The first kappa shape index (κ1) is 15.0. The van der Waals surface area contributed by atoms with Gasteiger partial charge in [-0.15, -0.1) is 0 Å². The highest BCUT2D eigenvalue weighted by atomic mass is 16.5. The third-order valence-electron chi connectivity index (χ3n) is 4.32. The van der Waals surface area contributed by atoms with E-state index in [0.29, 0.717) is 12.0 Å². The molecule has 0 aromatic rings. The summed E-state index contributed by atoms with van der Waals surface area (Å²) in [7, 11) is 0. The van der Waals surface area contributed by atoms with Crippen molar-refractivity contribution in [3.63, 3.8) is 0 Å². The molecule has 1 fully saturated rings. The highest BCUT2D eigenvalue weighted by Crippen LogP contribution is 2.35. The summed E-state index contributed by atoms with van der Waals surface area (Å²) in [6, 6.07) is 0.181. The average Bonchev–Trinajstić information content (AvgIpc) is 2.25. The van der Waals surface area contributed by atoms with Crippen LogP contribution < -0.4 is 5.73 Å². The van der Waals surface area contributed by atoms with Crippen molar-refractivity contribution < 1.29 is 4.74 Å². The molecule has 0 bridgehead atoms. The van der Waals surface area contributed by atoms with Gasteiger partial charge in [0.2, 0.25) is 0 Å². The number of hydrogen-bond donors (Lipinski definition) is 1. The normalized spacial score (nSPS) is 32.1. The van der Waals surface area contributed by atoms with Crippen molar-refractivity contribution in [1.82, 2.24) is 0 Å². The molecule has 1 rings (SSSR count). The van der Waals surface area contributed by atoms with E-state index in [0.717, 1.165) is 24.4 Å². The Bertz CT molecular complexity index is 215. The number of rotatable bonds is 5. The Hall–Kier alpha value is -0.0800. The molecular weight excluding hydrogens is 210 g/mol. The van der Waals surface area contributed by atoms with Crippen LogP contribution in [0.2, 0.25) is 0 Å². The molecule has 1 saturated carbocycles. The average molecular weight is 241 g/mol. The fourth-order valence-corrected chi connectivity index (χ4v) is 2.73. The first-order valence-corrected chi connectivity index (χ1v) is 7.29. The molecule has 0 aromatic carbocycles. The van der Waals surface area contributed by atoms with E-state index in [1.54, 1.807) is 0 Å². The van der Waals surface area contributed by atoms with E-state index >= 15 is 0 Å². The minimum absolute atomic E-state index is 0.181. The van der Waals surface area contributed by atoms with E-state index in [9.17, 15) is 0 Å². The first-order valence-electron chi connectivity index (χ1n) is 7.29.